The van der Waals surface area contributed by atoms with Crippen LogP contribution in [0.5, 0.6) is 0 Å². The van der Waals surface area contributed by atoms with Gasteiger partial charge in [-0.25, -0.2) is 0 Å². The van der Waals surface area contributed by atoms with Crippen molar-refractivity contribution in [2.75, 3.05) is 13.7 Å². The van der Waals surface area contributed by atoms with E-state index >= 15 is 0 Å². The molecule has 1 amide bonds. The number of ether oxygens (including phenoxy) is 1. The molecule has 2 aromatic rings. The van der Waals surface area contributed by atoms with Gasteiger partial charge in [-0.05, 0) is 63.1 Å². The van der Waals surface area contributed by atoms with Crippen LogP contribution in [0.25, 0.3) is 6.08 Å². The summed E-state index contributed by atoms with van der Waals surface area (Å²) in [6.07, 6.45) is 1.62. The van der Waals surface area contributed by atoms with Crippen molar-refractivity contribution in [1.82, 2.24) is 9.88 Å². The fourth-order valence-corrected chi connectivity index (χ4v) is 3.69. The second-order valence-corrected chi connectivity index (χ2v) is 7.85. The molecule has 1 aromatic heterocycles. The van der Waals surface area contributed by atoms with E-state index in [1.807, 2.05) is 32.9 Å². The number of aromatic nitrogens is 1. The highest BCUT2D eigenvalue weighted by atomic mass is 35.5. The molecule has 0 saturated heterocycles. The molecule has 0 radical (unpaired) electrons. The van der Waals surface area contributed by atoms with Crippen LogP contribution in [0, 0.1) is 25.2 Å². The minimum atomic E-state index is -0.444. The number of amides is 1. The first kappa shape index (κ1) is 23.0. The molecule has 0 aliphatic rings. The molecular weight excluding hydrogens is 409 g/mol. The van der Waals surface area contributed by atoms with Crippen LogP contribution in [-0.4, -0.2) is 24.2 Å². The van der Waals surface area contributed by atoms with Gasteiger partial charge in [-0.15, -0.1) is 0 Å². The molecule has 0 spiro atoms. The van der Waals surface area contributed by atoms with E-state index < -0.39 is 5.91 Å². The Morgan fingerprint density at radius 3 is 2.55 bits per heavy atom. The third-order valence-electron chi connectivity index (χ3n) is 4.83. The van der Waals surface area contributed by atoms with Crippen molar-refractivity contribution >= 4 is 35.2 Å². The third kappa shape index (κ3) is 5.42. The Kier molecular flexibility index (Phi) is 7.92. The molecule has 2 rings (SSSR count). The van der Waals surface area contributed by atoms with Crippen molar-refractivity contribution in [3.8, 4) is 6.07 Å². The molecule has 154 valence electrons. The fraction of sp³-hybridized carbons (Fsp3) is 0.364. The zero-order chi connectivity index (χ0) is 21.7. The van der Waals surface area contributed by atoms with Crippen molar-refractivity contribution in [1.29, 1.82) is 5.26 Å². The first-order valence-corrected chi connectivity index (χ1v) is 10.00. The Morgan fingerprint density at radius 1 is 1.28 bits per heavy atom. The number of hydrogen-bond acceptors (Lipinski definition) is 3. The number of nitriles is 1. The maximum absolute atomic E-state index is 12.7. The average molecular weight is 434 g/mol. The highest BCUT2D eigenvalue weighted by molar-refractivity contribution is 6.42. The maximum atomic E-state index is 12.7. The van der Waals surface area contributed by atoms with Gasteiger partial charge in [0.1, 0.15) is 11.6 Å². The first-order chi connectivity index (χ1) is 13.7. The van der Waals surface area contributed by atoms with E-state index in [2.05, 4.69) is 16.8 Å². The SMILES string of the molecule is COCC(C)n1c(C)cc(/C=C(\C#N)C(=O)NC(C)c2ccc(Cl)c(Cl)c2)c1C. The Hall–Kier alpha value is -2.26. The molecule has 1 heterocycles. The van der Waals surface area contributed by atoms with Crippen LogP contribution in [-0.2, 0) is 9.53 Å². The van der Waals surface area contributed by atoms with Crippen LogP contribution in [0.3, 0.4) is 0 Å². The van der Waals surface area contributed by atoms with Gasteiger partial charge < -0.3 is 14.6 Å². The molecule has 1 aromatic carbocycles. The van der Waals surface area contributed by atoms with Crippen molar-refractivity contribution < 1.29 is 9.53 Å². The van der Waals surface area contributed by atoms with Crippen LogP contribution in [0.1, 0.15) is 48.4 Å². The molecule has 2 atom stereocenters. The lowest BCUT2D eigenvalue weighted by molar-refractivity contribution is -0.117. The molecule has 0 aliphatic heterocycles. The summed E-state index contributed by atoms with van der Waals surface area (Å²) in [5.41, 5.74) is 3.69. The molecule has 0 aliphatic carbocycles. The summed E-state index contributed by atoms with van der Waals surface area (Å²) in [4.78, 5) is 12.7. The van der Waals surface area contributed by atoms with Gasteiger partial charge in [0.25, 0.3) is 5.91 Å². The summed E-state index contributed by atoms with van der Waals surface area (Å²) < 4.78 is 7.39. The molecule has 2 unspecified atom stereocenters. The van der Waals surface area contributed by atoms with E-state index in [4.69, 9.17) is 27.9 Å². The second-order valence-electron chi connectivity index (χ2n) is 7.04. The second kappa shape index (κ2) is 9.98. The highest BCUT2D eigenvalue weighted by Crippen LogP contribution is 2.26. The Morgan fingerprint density at radius 2 is 1.97 bits per heavy atom. The quantitative estimate of drug-likeness (QED) is 0.469. The van der Waals surface area contributed by atoms with E-state index in [0.717, 1.165) is 22.5 Å². The van der Waals surface area contributed by atoms with Crippen LogP contribution in [0.15, 0.2) is 29.8 Å². The molecule has 0 saturated carbocycles. The number of halogens is 2. The van der Waals surface area contributed by atoms with E-state index in [1.165, 1.54) is 0 Å². The van der Waals surface area contributed by atoms with Crippen molar-refractivity contribution in [3.63, 3.8) is 0 Å². The smallest absolute Gasteiger partial charge is 0.262 e. The number of nitrogens with zero attached hydrogens (tertiary/aromatic N) is 2. The summed E-state index contributed by atoms with van der Waals surface area (Å²) in [7, 11) is 1.67. The molecule has 0 bridgehead atoms. The summed E-state index contributed by atoms with van der Waals surface area (Å²) in [6, 6.07) is 8.97. The van der Waals surface area contributed by atoms with Gasteiger partial charge >= 0.3 is 0 Å². The lowest BCUT2D eigenvalue weighted by atomic mass is 10.1. The topological polar surface area (TPSA) is 67.0 Å². The lowest BCUT2D eigenvalue weighted by Gasteiger charge is -2.17. The first-order valence-electron chi connectivity index (χ1n) is 9.24. The van der Waals surface area contributed by atoms with Gasteiger partial charge in [-0.1, -0.05) is 29.3 Å². The number of carbonyl (C=O) groups excluding carboxylic acids is 1. The summed E-state index contributed by atoms with van der Waals surface area (Å²) >= 11 is 12.0. The van der Waals surface area contributed by atoms with Gasteiger partial charge in [0.05, 0.1) is 28.7 Å². The Bertz CT molecular complexity index is 973. The predicted molar refractivity (Wildman–Crippen MR) is 117 cm³/mol. The Balaban J connectivity index is 2.25. The third-order valence-corrected chi connectivity index (χ3v) is 5.57. The number of rotatable bonds is 7. The van der Waals surface area contributed by atoms with E-state index in [0.29, 0.717) is 16.7 Å². The summed E-state index contributed by atoms with van der Waals surface area (Å²) in [5, 5.41) is 13.2. The minimum Gasteiger partial charge on any atom is -0.383 e. The zero-order valence-corrected chi connectivity index (χ0v) is 18.7. The molecule has 7 heteroatoms. The van der Waals surface area contributed by atoms with Gasteiger partial charge in [0, 0.05) is 18.5 Å². The minimum absolute atomic E-state index is 0.0385. The normalized spacial score (nSPS) is 13.7. The molecule has 1 N–H and O–H groups in total. The van der Waals surface area contributed by atoms with Gasteiger partial charge in [-0.3, -0.25) is 4.79 Å². The molecule has 5 nitrogen and oxygen atoms in total. The van der Waals surface area contributed by atoms with Gasteiger partial charge in [0.15, 0.2) is 0 Å². The predicted octanol–water partition coefficient (Wildman–Crippen LogP) is 5.40. The molecule has 0 fully saturated rings. The van der Waals surface area contributed by atoms with Crippen LogP contribution < -0.4 is 5.32 Å². The number of nitrogens with one attached hydrogen (secondary N) is 1. The van der Waals surface area contributed by atoms with Gasteiger partial charge in [-0.2, -0.15) is 5.26 Å². The highest BCUT2D eigenvalue weighted by Gasteiger charge is 2.18. The standard InChI is InChI=1S/C22H25Cl2N3O2/c1-13-8-18(16(4)27(13)14(2)12-29-5)9-19(11-25)22(28)26-15(3)17-6-7-20(23)21(24)10-17/h6-10,14-15H,12H2,1-5H3,(H,26,28)/b19-9+. The zero-order valence-electron chi connectivity index (χ0n) is 17.2. The number of methoxy groups -OCH3 is 1. The number of hydrogen-bond donors (Lipinski definition) is 1. The maximum Gasteiger partial charge on any atom is 0.262 e. The average Bonchev–Trinajstić information content (AvgIpc) is 2.95. The summed E-state index contributed by atoms with van der Waals surface area (Å²) in [6.45, 7) is 8.43. The number of carbonyl (C=O) groups is 1. The van der Waals surface area contributed by atoms with Crippen LogP contribution in [0.2, 0.25) is 10.0 Å². The van der Waals surface area contributed by atoms with Crippen molar-refractivity contribution in [2.45, 2.75) is 39.8 Å². The fourth-order valence-electron chi connectivity index (χ4n) is 3.39. The van der Waals surface area contributed by atoms with Crippen molar-refractivity contribution in [2.24, 2.45) is 0 Å². The van der Waals surface area contributed by atoms with E-state index in [-0.39, 0.29) is 17.7 Å². The van der Waals surface area contributed by atoms with Crippen LogP contribution >= 0.6 is 23.2 Å². The number of aryl methyl sites for hydroxylation is 1. The lowest BCUT2D eigenvalue weighted by Crippen LogP contribution is -2.27. The van der Waals surface area contributed by atoms with Crippen molar-refractivity contribution in [3.05, 3.63) is 62.4 Å². The van der Waals surface area contributed by atoms with Gasteiger partial charge in [0.2, 0.25) is 0 Å². The number of benzene rings is 1. The largest absolute Gasteiger partial charge is 0.383 e. The molecular formula is C22H25Cl2N3O2. The van der Waals surface area contributed by atoms with E-state index in [1.54, 1.807) is 31.4 Å². The van der Waals surface area contributed by atoms with E-state index in [9.17, 15) is 10.1 Å². The Labute approximate surface area is 181 Å². The monoisotopic (exact) mass is 433 g/mol. The molecule has 29 heavy (non-hydrogen) atoms. The summed E-state index contributed by atoms with van der Waals surface area (Å²) in [5.74, 6) is -0.444. The van der Waals surface area contributed by atoms with Crippen LogP contribution in [0.4, 0.5) is 0 Å².